The van der Waals surface area contributed by atoms with Crippen LogP contribution in [-0.2, 0) is 0 Å². The van der Waals surface area contributed by atoms with E-state index in [0.29, 0.717) is 20.8 Å². The monoisotopic (exact) mass is 398 g/mol. The molecule has 0 saturated heterocycles. The fourth-order valence-electron chi connectivity index (χ4n) is 1.88. The van der Waals surface area contributed by atoms with Crippen molar-refractivity contribution < 1.29 is 17.9 Å². The van der Waals surface area contributed by atoms with E-state index in [1.165, 1.54) is 13.2 Å². The van der Waals surface area contributed by atoms with E-state index in [1.54, 1.807) is 6.07 Å². The molecule has 0 radical (unpaired) electrons. The number of benzene rings is 2. The van der Waals surface area contributed by atoms with Crippen LogP contribution in [0.25, 0.3) is 0 Å². The highest BCUT2D eigenvalue weighted by molar-refractivity contribution is 9.10. The van der Waals surface area contributed by atoms with Gasteiger partial charge in [-0.15, -0.1) is 11.6 Å². The highest BCUT2D eigenvalue weighted by Crippen LogP contribution is 2.41. The number of halogens is 6. The molecule has 1 nitrogen and oxygen atoms in total. The normalized spacial score (nSPS) is 12.3. The summed E-state index contributed by atoms with van der Waals surface area (Å²) < 4.78 is 45.4. The maximum absolute atomic E-state index is 13.3. The first kappa shape index (κ1) is 16.5. The molecule has 0 aliphatic carbocycles. The van der Waals surface area contributed by atoms with Gasteiger partial charge in [-0.25, -0.2) is 13.2 Å². The van der Waals surface area contributed by atoms with Crippen LogP contribution < -0.4 is 4.74 Å². The van der Waals surface area contributed by atoms with E-state index in [9.17, 15) is 13.2 Å². The predicted molar refractivity (Wildman–Crippen MR) is 79.7 cm³/mol. The summed E-state index contributed by atoms with van der Waals surface area (Å²) in [6.45, 7) is 0. The molecule has 7 heteroatoms. The van der Waals surface area contributed by atoms with Crippen LogP contribution in [0.4, 0.5) is 13.2 Å². The molecular weight excluding hydrogens is 392 g/mol. The summed E-state index contributed by atoms with van der Waals surface area (Å²) in [5.41, 5.74) is 0.462. The first-order chi connectivity index (χ1) is 9.85. The summed E-state index contributed by atoms with van der Waals surface area (Å²) >= 11 is 15.4. The lowest BCUT2D eigenvalue weighted by Gasteiger charge is -2.16. The van der Waals surface area contributed by atoms with E-state index in [2.05, 4.69) is 15.9 Å². The average molecular weight is 400 g/mol. The fraction of sp³-hybridized carbons (Fsp3) is 0.143. The summed E-state index contributed by atoms with van der Waals surface area (Å²) in [5, 5.41) is -0.592. The van der Waals surface area contributed by atoms with Gasteiger partial charge in [0, 0.05) is 10.6 Å². The minimum Gasteiger partial charge on any atom is -0.495 e. The second kappa shape index (κ2) is 6.46. The van der Waals surface area contributed by atoms with Crippen LogP contribution in [-0.4, -0.2) is 7.11 Å². The number of hydrogen-bond donors (Lipinski definition) is 0. The number of ether oxygens (including phenoxy) is 1. The Kier molecular flexibility index (Phi) is 5.07. The number of methoxy groups -OCH3 is 1. The molecule has 112 valence electrons. The Balaban J connectivity index is 2.57. The summed E-state index contributed by atoms with van der Waals surface area (Å²) in [6, 6.07) is 4.79. The standard InChI is InChI=1S/C14H8BrCl2F3O/c1-21-14-8(4-7(16)5-9(14)15)12(17)6-2-10(18)13(20)11(19)3-6/h2-5,12H,1H3. The maximum atomic E-state index is 13.3. The van der Waals surface area contributed by atoms with Gasteiger partial charge in [-0.3, -0.25) is 0 Å². The Bertz CT molecular complexity index is 671. The van der Waals surface area contributed by atoms with E-state index >= 15 is 0 Å². The molecule has 0 aliphatic heterocycles. The van der Waals surface area contributed by atoms with Crippen molar-refractivity contribution >= 4 is 39.1 Å². The summed E-state index contributed by atoms with van der Waals surface area (Å²) in [7, 11) is 1.42. The lowest BCUT2D eigenvalue weighted by atomic mass is 10.0. The third-order valence-electron chi connectivity index (χ3n) is 2.81. The lowest BCUT2D eigenvalue weighted by molar-refractivity contribution is 0.407. The molecule has 0 amide bonds. The SMILES string of the molecule is COc1c(Br)cc(Cl)cc1C(Cl)c1cc(F)c(F)c(F)c1. The Labute approximate surface area is 137 Å². The highest BCUT2D eigenvalue weighted by atomic mass is 79.9. The Morgan fingerprint density at radius 3 is 2.19 bits per heavy atom. The van der Waals surface area contributed by atoms with Gasteiger partial charge in [-0.2, -0.15) is 0 Å². The molecule has 0 N–H and O–H groups in total. The summed E-state index contributed by atoms with van der Waals surface area (Å²) in [4.78, 5) is 0. The molecule has 2 rings (SSSR count). The van der Waals surface area contributed by atoms with E-state index < -0.39 is 22.8 Å². The molecule has 0 aliphatic rings. The Hall–Kier alpha value is -0.910. The minimum absolute atomic E-state index is 0.0560. The van der Waals surface area contributed by atoms with Crippen LogP contribution in [0, 0.1) is 17.5 Å². The van der Waals surface area contributed by atoms with Gasteiger partial charge in [0.2, 0.25) is 0 Å². The van der Waals surface area contributed by atoms with Gasteiger partial charge >= 0.3 is 0 Å². The van der Waals surface area contributed by atoms with Crippen molar-refractivity contribution in [2.24, 2.45) is 0 Å². The molecule has 2 aromatic carbocycles. The lowest BCUT2D eigenvalue weighted by Crippen LogP contribution is -2.01. The van der Waals surface area contributed by atoms with Crippen molar-refractivity contribution in [1.82, 2.24) is 0 Å². The van der Waals surface area contributed by atoms with Crippen LogP contribution >= 0.6 is 39.1 Å². The van der Waals surface area contributed by atoms with Crippen LogP contribution in [0.15, 0.2) is 28.7 Å². The number of rotatable bonds is 3. The van der Waals surface area contributed by atoms with Crippen LogP contribution in [0.2, 0.25) is 5.02 Å². The quantitative estimate of drug-likeness (QED) is 0.464. The third-order valence-corrected chi connectivity index (χ3v) is 4.11. The molecule has 1 unspecified atom stereocenters. The maximum Gasteiger partial charge on any atom is 0.194 e. The smallest absolute Gasteiger partial charge is 0.194 e. The van der Waals surface area contributed by atoms with E-state index in [0.717, 1.165) is 12.1 Å². The molecule has 0 spiro atoms. The molecule has 0 heterocycles. The van der Waals surface area contributed by atoms with Crippen molar-refractivity contribution in [3.05, 3.63) is 62.3 Å². The third kappa shape index (κ3) is 3.30. The molecule has 2 aromatic rings. The molecule has 21 heavy (non-hydrogen) atoms. The molecule has 0 aromatic heterocycles. The minimum atomic E-state index is -1.54. The second-order valence-electron chi connectivity index (χ2n) is 4.17. The van der Waals surface area contributed by atoms with Gasteiger partial charge in [0.05, 0.1) is 17.0 Å². The van der Waals surface area contributed by atoms with Gasteiger partial charge in [-0.05, 0) is 45.8 Å². The van der Waals surface area contributed by atoms with Crippen LogP contribution in [0.3, 0.4) is 0 Å². The van der Waals surface area contributed by atoms with E-state index in [4.69, 9.17) is 27.9 Å². The van der Waals surface area contributed by atoms with Crippen LogP contribution in [0.1, 0.15) is 16.5 Å². The van der Waals surface area contributed by atoms with Crippen molar-refractivity contribution in [2.75, 3.05) is 7.11 Å². The average Bonchev–Trinajstić information content (AvgIpc) is 2.42. The zero-order chi connectivity index (χ0) is 15.7. The highest BCUT2D eigenvalue weighted by Gasteiger charge is 2.22. The molecule has 0 fully saturated rings. The molecular formula is C14H8BrCl2F3O. The zero-order valence-electron chi connectivity index (χ0n) is 10.6. The first-order valence-corrected chi connectivity index (χ1v) is 7.27. The zero-order valence-corrected chi connectivity index (χ0v) is 13.7. The largest absolute Gasteiger partial charge is 0.495 e. The Morgan fingerprint density at radius 2 is 1.67 bits per heavy atom. The van der Waals surface area contributed by atoms with Gasteiger partial charge in [0.1, 0.15) is 5.75 Å². The number of hydrogen-bond acceptors (Lipinski definition) is 1. The van der Waals surface area contributed by atoms with Crippen molar-refractivity contribution in [3.63, 3.8) is 0 Å². The van der Waals surface area contributed by atoms with Crippen molar-refractivity contribution in [3.8, 4) is 5.75 Å². The van der Waals surface area contributed by atoms with Gasteiger partial charge < -0.3 is 4.74 Å². The van der Waals surface area contributed by atoms with Crippen molar-refractivity contribution in [1.29, 1.82) is 0 Å². The summed E-state index contributed by atoms with van der Waals surface area (Å²) in [6.07, 6.45) is 0. The van der Waals surface area contributed by atoms with Gasteiger partial charge in [0.15, 0.2) is 17.5 Å². The van der Waals surface area contributed by atoms with Crippen molar-refractivity contribution in [2.45, 2.75) is 5.38 Å². The predicted octanol–water partition coefficient (Wildman–Crippen LogP) is 5.86. The summed E-state index contributed by atoms with van der Waals surface area (Å²) in [5.74, 6) is -3.78. The second-order valence-corrected chi connectivity index (χ2v) is 5.90. The van der Waals surface area contributed by atoms with E-state index in [-0.39, 0.29) is 5.56 Å². The van der Waals surface area contributed by atoms with Gasteiger partial charge in [0.25, 0.3) is 0 Å². The van der Waals surface area contributed by atoms with Gasteiger partial charge in [-0.1, -0.05) is 11.6 Å². The fourth-order valence-corrected chi connectivity index (χ4v) is 3.17. The molecule has 0 saturated carbocycles. The first-order valence-electron chi connectivity index (χ1n) is 5.66. The van der Waals surface area contributed by atoms with E-state index in [1.807, 2.05) is 0 Å². The Morgan fingerprint density at radius 1 is 1.10 bits per heavy atom. The molecule has 0 bridgehead atoms. The topological polar surface area (TPSA) is 9.23 Å². The van der Waals surface area contributed by atoms with Crippen LogP contribution in [0.5, 0.6) is 5.75 Å². The molecule has 1 atom stereocenters. The number of alkyl halides is 1.